The molecule has 3 atom stereocenters. The van der Waals surface area contributed by atoms with Crippen molar-refractivity contribution < 1.29 is 13.2 Å². The van der Waals surface area contributed by atoms with Crippen LogP contribution in [0.4, 0.5) is 0 Å². The highest BCUT2D eigenvalue weighted by Crippen LogP contribution is 2.20. The maximum Gasteiger partial charge on any atom is 0.241 e. The molecule has 1 fully saturated rings. The summed E-state index contributed by atoms with van der Waals surface area (Å²) in [7, 11) is -3.07. The highest BCUT2D eigenvalue weighted by Gasteiger charge is 2.40. The fraction of sp³-hybridized carbons (Fsp3) is 0.909. The summed E-state index contributed by atoms with van der Waals surface area (Å²) in [4.78, 5) is 13.7. The molecule has 1 heterocycles. The largest absolute Gasteiger partial charge is 0.322 e. The summed E-state index contributed by atoms with van der Waals surface area (Å²) < 4.78 is 22.6. The van der Waals surface area contributed by atoms with E-state index in [0.29, 0.717) is 0 Å². The van der Waals surface area contributed by atoms with Gasteiger partial charge in [0.1, 0.15) is 9.84 Å². The second-order valence-corrected chi connectivity index (χ2v) is 7.45. The van der Waals surface area contributed by atoms with Crippen LogP contribution in [0.2, 0.25) is 0 Å². The first-order valence-corrected chi connectivity index (χ1v) is 7.95. The number of carbonyl (C=O) groups is 1. The van der Waals surface area contributed by atoms with Crippen molar-refractivity contribution in [3.63, 3.8) is 0 Å². The van der Waals surface area contributed by atoms with Crippen LogP contribution in [0.25, 0.3) is 0 Å². The summed E-state index contributed by atoms with van der Waals surface area (Å²) in [6.45, 7) is 7.63. The fourth-order valence-corrected chi connectivity index (χ4v) is 3.33. The molecule has 1 saturated heterocycles. The third-order valence-corrected chi connectivity index (χ3v) is 4.08. The maximum absolute atomic E-state index is 12.0. The Morgan fingerprint density at radius 1 is 1.35 bits per heavy atom. The van der Waals surface area contributed by atoms with Gasteiger partial charge in [-0.2, -0.15) is 0 Å². The van der Waals surface area contributed by atoms with Crippen LogP contribution in [-0.4, -0.2) is 49.5 Å². The van der Waals surface area contributed by atoms with E-state index >= 15 is 0 Å². The van der Waals surface area contributed by atoms with E-state index in [1.165, 1.54) is 6.26 Å². The predicted octanol–water partition coefficient (Wildman–Crippen LogP) is 0.222. The van der Waals surface area contributed by atoms with Crippen molar-refractivity contribution >= 4 is 15.7 Å². The third kappa shape index (κ3) is 3.42. The molecule has 0 bridgehead atoms. The molecule has 0 aliphatic carbocycles. The Bertz CT molecular complexity index is 392. The van der Waals surface area contributed by atoms with Gasteiger partial charge >= 0.3 is 0 Å². The van der Waals surface area contributed by atoms with E-state index in [1.807, 2.05) is 20.8 Å². The number of nitrogens with one attached hydrogen (secondary N) is 1. The first-order chi connectivity index (χ1) is 7.63. The smallest absolute Gasteiger partial charge is 0.241 e. The van der Waals surface area contributed by atoms with Gasteiger partial charge in [0.15, 0.2) is 0 Å². The molecule has 100 valence electrons. The number of carbonyl (C=O) groups excluding carboxylic acids is 1. The summed E-state index contributed by atoms with van der Waals surface area (Å²) in [5, 5.41) is 3.20. The Morgan fingerprint density at radius 3 is 2.29 bits per heavy atom. The van der Waals surface area contributed by atoms with Gasteiger partial charge in [0, 0.05) is 12.3 Å². The third-order valence-electron chi connectivity index (χ3n) is 3.00. The Kier molecular flexibility index (Phi) is 4.19. The summed E-state index contributed by atoms with van der Waals surface area (Å²) in [6, 6.07) is -0.522. The molecule has 1 aliphatic rings. The van der Waals surface area contributed by atoms with E-state index in [0.717, 1.165) is 0 Å². The van der Waals surface area contributed by atoms with Crippen LogP contribution in [0.5, 0.6) is 0 Å². The number of hydrogen-bond donors (Lipinski definition) is 1. The van der Waals surface area contributed by atoms with Crippen molar-refractivity contribution in [2.24, 2.45) is 5.92 Å². The minimum absolute atomic E-state index is 0.0103. The second-order valence-electron chi connectivity index (χ2n) is 5.26. The monoisotopic (exact) mass is 262 g/mol. The zero-order chi connectivity index (χ0) is 13.4. The van der Waals surface area contributed by atoms with Crippen LogP contribution < -0.4 is 5.32 Å². The minimum atomic E-state index is -3.07. The van der Waals surface area contributed by atoms with Crippen molar-refractivity contribution in [1.82, 2.24) is 10.2 Å². The van der Waals surface area contributed by atoms with Crippen molar-refractivity contribution in [2.75, 3.05) is 12.0 Å². The summed E-state index contributed by atoms with van der Waals surface area (Å²) in [5.41, 5.74) is 0. The summed E-state index contributed by atoms with van der Waals surface area (Å²) >= 11 is 0. The molecule has 5 nitrogen and oxygen atoms in total. The Morgan fingerprint density at radius 2 is 1.88 bits per heavy atom. The highest BCUT2D eigenvalue weighted by atomic mass is 32.2. The lowest BCUT2D eigenvalue weighted by Gasteiger charge is -2.32. The topological polar surface area (TPSA) is 66.5 Å². The molecule has 0 aromatic heterocycles. The number of rotatable bonds is 4. The highest BCUT2D eigenvalue weighted by molar-refractivity contribution is 7.90. The lowest BCUT2D eigenvalue weighted by molar-refractivity contribution is -0.131. The van der Waals surface area contributed by atoms with Crippen molar-refractivity contribution in [3.05, 3.63) is 0 Å². The molecule has 1 aliphatic heterocycles. The maximum atomic E-state index is 12.0. The first kappa shape index (κ1) is 14.4. The van der Waals surface area contributed by atoms with E-state index < -0.39 is 9.84 Å². The molecule has 0 aromatic rings. The molecule has 0 aromatic carbocycles. The normalized spacial score (nSPS) is 27.9. The second kappa shape index (κ2) is 4.94. The number of nitrogens with zero attached hydrogens (tertiary/aromatic N) is 1. The quantitative estimate of drug-likeness (QED) is 0.787. The molecule has 17 heavy (non-hydrogen) atoms. The van der Waals surface area contributed by atoms with Gasteiger partial charge in [-0.3, -0.25) is 10.1 Å². The van der Waals surface area contributed by atoms with Gasteiger partial charge in [0.2, 0.25) is 5.91 Å². The molecule has 0 radical (unpaired) electrons. The number of hydrogen-bond acceptors (Lipinski definition) is 4. The number of sulfone groups is 1. The van der Waals surface area contributed by atoms with E-state index in [-0.39, 0.29) is 35.8 Å². The van der Waals surface area contributed by atoms with Gasteiger partial charge in [-0.15, -0.1) is 0 Å². The Hall–Kier alpha value is -0.620. The van der Waals surface area contributed by atoms with Gasteiger partial charge in [-0.05, 0) is 19.8 Å². The average Bonchev–Trinajstić information content (AvgIpc) is 2.40. The van der Waals surface area contributed by atoms with Crippen LogP contribution in [0.3, 0.4) is 0 Å². The zero-order valence-electron chi connectivity index (χ0n) is 11.1. The molecule has 1 N–H and O–H groups in total. The molecule has 1 rings (SSSR count). The lowest BCUT2D eigenvalue weighted by atomic mass is 10.1. The van der Waals surface area contributed by atoms with Crippen LogP contribution in [0.1, 0.15) is 27.7 Å². The summed E-state index contributed by atoms with van der Waals surface area (Å²) in [5.74, 6) is 0.252. The SMILES string of the molecule is CC1NC(C(C)C)N(C(C)CS(C)(=O)=O)C1=O. The van der Waals surface area contributed by atoms with E-state index in [2.05, 4.69) is 5.32 Å². The van der Waals surface area contributed by atoms with Crippen molar-refractivity contribution in [3.8, 4) is 0 Å². The van der Waals surface area contributed by atoms with Crippen LogP contribution >= 0.6 is 0 Å². The Balaban J connectivity index is 2.88. The zero-order valence-corrected chi connectivity index (χ0v) is 11.9. The van der Waals surface area contributed by atoms with Gasteiger partial charge in [-0.25, -0.2) is 8.42 Å². The molecular formula is C11H22N2O3S. The average molecular weight is 262 g/mol. The Labute approximate surface area is 103 Å². The number of amides is 1. The standard InChI is InChI=1S/C11H22N2O3S/c1-7(2)10-12-9(4)11(14)13(10)8(3)6-17(5,15)16/h7-10,12H,6H2,1-5H3. The van der Waals surface area contributed by atoms with E-state index in [4.69, 9.17) is 0 Å². The fourth-order valence-electron chi connectivity index (χ4n) is 2.29. The van der Waals surface area contributed by atoms with Gasteiger partial charge in [0.25, 0.3) is 0 Å². The predicted molar refractivity (Wildman–Crippen MR) is 67.2 cm³/mol. The lowest BCUT2D eigenvalue weighted by Crippen LogP contribution is -2.48. The molecule has 0 saturated carbocycles. The van der Waals surface area contributed by atoms with Gasteiger partial charge in [0.05, 0.1) is 18.0 Å². The van der Waals surface area contributed by atoms with Crippen molar-refractivity contribution in [2.45, 2.75) is 45.9 Å². The van der Waals surface area contributed by atoms with Crippen LogP contribution in [0, 0.1) is 5.92 Å². The van der Waals surface area contributed by atoms with E-state index in [9.17, 15) is 13.2 Å². The molecule has 0 spiro atoms. The first-order valence-electron chi connectivity index (χ1n) is 5.89. The van der Waals surface area contributed by atoms with Crippen LogP contribution in [0.15, 0.2) is 0 Å². The minimum Gasteiger partial charge on any atom is -0.322 e. The van der Waals surface area contributed by atoms with E-state index in [1.54, 1.807) is 11.8 Å². The van der Waals surface area contributed by atoms with Crippen molar-refractivity contribution in [1.29, 1.82) is 0 Å². The molecule has 6 heteroatoms. The molecule has 3 unspecified atom stereocenters. The molecule has 1 amide bonds. The van der Waals surface area contributed by atoms with Gasteiger partial charge in [-0.1, -0.05) is 13.8 Å². The van der Waals surface area contributed by atoms with Gasteiger partial charge < -0.3 is 4.90 Å². The van der Waals surface area contributed by atoms with Crippen LogP contribution in [-0.2, 0) is 14.6 Å². The molecular weight excluding hydrogens is 240 g/mol. The summed E-state index contributed by atoms with van der Waals surface area (Å²) in [6.07, 6.45) is 1.12.